The number of amides is 2. The van der Waals surface area contributed by atoms with Gasteiger partial charge in [-0.05, 0) is 58.8 Å². The lowest BCUT2D eigenvalue weighted by molar-refractivity contribution is -0.135. The SMILES string of the molecule is CCOC(=O)n1nc2c(c1NC(=O)C1(S(C)(C)C)CCC1)CN(C(=O)CC(=O)c1ccccc1)C2(C)C. The van der Waals surface area contributed by atoms with Crippen molar-refractivity contribution >= 4 is 39.5 Å². The fourth-order valence-corrected chi connectivity index (χ4v) is 7.34. The number of hydrogen-bond donors (Lipinski definition) is 1. The summed E-state index contributed by atoms with van der Waals surface area (Å²) in [7, 11) is -1.23. The molecule has 1 aromatic carbocycles. The summed E-state index contributed by atoms with van der Waals surface area (Å²) in [5.41, 5.74) is 0.665. The maximum atomic E-state index is 13.7. The van der Waals surface area contributed by atoms with Gasteiger partial charge in [-0.15, -0.1) is 4.68 Å². The van der Waals surface area contributed by atoms with E-state index in [4.69, 9.17) is 4.74 Å². The Bertz CT molecular complexity index is 1240. The fraction of sp³-hybridized carbons (Fsp3) is 0.519. The molecule has 1 aromatic heterocycles. The Hall–Kier alpha value is -3.14. The van der Waals surface area contributed by atoms with Gasteiger partial charge >= 0.3 is 6.09 Å². The van der Waals surface area contributed by atoms with Gasteiger partial charge in [-0.1, -0.05) is 30.3 Å². The lowest BCUT2D eigenvalue weighted by Crippen LogP contribution is -2.52. The van der Waals surface area contributed by atoms with Crippen LogP contribution in [0.3, 0.4) is 0 Å². The number of nitrogens with one attached hydrogen (secondary N) is 1. The number of anilines is 1. The molecule has 1 saturated carbocycles. The second kappa shape index (κ2) is 9.63. The lowest BCUT2D eigenvalue weighted by atomic mass is 9.83. The van der Waals surface area contributed by atoms with Crippen LogP contribution in [0.1, 0.15) is 68.1 Å². The van der Waals surface area contributed by atoms with E-state index in [1.54, 1.807) is 36.1 Å². The highest BCUT2D eigenvalue weighted by atomic mass is 32.3. The standard InChI is InChI=1S/C27H36N4O5S/c1-7-36-25(35)31-23(28-24(34)27(14-11-15-27)37(4,5)6)19-17-30(26(2,3)22(19)29-31)21(33)16-20(32)18-12-9-8-10-13-18/h8-10,12-13H,7,11,14-17H2,1-6H3,(H,28,34). The van der Waals surface area contributed by atoms with Crippen molar-refractivity contribution in [3.8, 4) is 0 Å². The number of aromatic nitrogens is 2. The molecule has 1 fully saturated rings. The molecular weight excluding hydrogens is 492 g/mol. The van der Waals surface area contributed by atoms with Gasteiger partial charge in [0, 0.05) is 11.1 Å². The van der Waals surface area contributed by atoms with Crippen molar-refractivity contribution in [2.24, 2.45) is 0 Å². The van der Waals surface area contributed by atoms with Gasteiger partial charge in [0.05, 0.1) is 35.6 Å². The predicted octanol–water partition coefficient (Wildman–Crippen LogP) is 4.29. The van der Waals surface area contributed by atoms with E-state index in [1.165, 1.54) is 0 Å². The van der Waals surface area contributed by atoms with E-state index >= 15 is 0 Å². The van der Waals surface area contributed by atoms with E-state index in [0.29, 0.717) is 16.8 Å². The molecule has 2 heterocycles. The first-order chi connectivity index (χ1) is 17.3. The largest absolute Gasteiger partial charge is 0.448 e. The molecule has 0 bridgehead atoms. The maximum absolute atomic E-state index is 13.7. The minimum atomic E-state index is -1.23. The molecule has 0 radical (unpaired) electrons. The fourth-order valence-electron chi connectivity index (χ4n) is 5.22. The van der Waals surface area contributed by atoms with E-state index in [0.717, 1.165) is 23.9 Å². The van der Waals surface area contributed by atoms with Crippen LogP contribution >= 0.6 is 10.0 Å². The molecule has 1 N–H and O–H groups in total. The van der Waals surface area contributed by atoms with Crippen molar-refractivity contribution in [1.82, 2.24) is 14.7 Å². The Morgan fingerprint density at radius 2 is 1.73 bits per heavy atom. The van der Waals surface area contributed by atoms with Crippen LogP contribution in [-0.2, 0) is 26.4 Å². The van der Waals surface area contributed by atoms with Crippen molar-refractivity contribution < 1.29 is 23.9 Å². The monoisotopic (exact) mass is 528 g/mol. The van der Waals surface area contributed by atoms with Gasteiger partial charge in [0.2, 0.25) is 11.8 Å². The first-order valence-corrected chi connectivity index (χ1v) is 15.4. The third-order valence-corrected chi connectivity index (χ3v) is 10.6. The normalized spacial score (nSPS) is 17.9. The molecule has 2 aromatic rings. The summed E-state index contributed by atoms with van der Waals surface area (Å²) in [5, 5.41) is 7.55. The number of nitrogens with zero attached hydrogens (tertiary/aromatic N) is 3. The van der Waals surface area contributed by atoms with Crippen molar-refractivity contribution in [2.75, 3.05) is 30.7 Å². The summed E-state index contributed by atoms with van der Waals surface area (Å²) in [6.45, 7) is 5.62. The van der Waals surface area contributed by atoms with Crippen LogP contribution in [-0.4, -0.2) is 68.5 Å². The molecule has 1 aliphatic heterocycles. The van der Waals surface area contributed by atoms with Gasteiger partial charge in [0.15, 0.2) is 5.78 Å². The summed E-state index contributed by atoms with van der Waals surface area (Å²) in [5.74, 6) is -0.495. The average molecular weight is 529 g/mol. The maximum Gasteiger partial charge on any atom is 0.436 e. The van der Waals surface area contributed by atoms with Gasteiger partial charge in [0.1, 0.15) is 5.82 Å². The number of ether oxygens (including phenoxy) is 1. The minimum absolute atomic E-state index is 0.119. The third-order valence-electron chi connectivity index (χ3n) is 7.68. The van der Waals surface area contributed by atoms with Crippen LogP contribution in [0.2, 0.25) is 0 Å². The molecule has 1 aliphatic carbocycles. The highest BCUT2D eigenvalue weighted by Crippen LogP contribution is 2.60. The Morgan fingerprint density at radius 3 is 2.27 bits per heavy atom. The average Bonchev–Trinajstić information content (AvgIpc) is 3.27. The van der Waals surface area contributed by atoms with Gasteiger partial charge in [0.25, 0.3) is 0 Å². The second-order valence-electron chi connectivity index (χ2n) is 10.9. The summed E-state index contributed by atoms with van der Waals surface area (Å²) >= 11 is 0. The van der Waals surface area contributed by atoms with Crippen LogP contribution in [0.25, 0.3) is 0 Å². The van der Waals surface area contributed by atoms with E-state index in [2.05, 4.69) is 29.2 Å². The molecule has 0 atom stereocenters. The summed E-state index contributed by atoms with van der Waals surface area (Å²) in [4.78, 5) is 54.1. The number of benzene rings is 1. The van der Waals surface area contributed by atoms with E-state index in [1.807, 2.05) is 19.9 Å². The minimum Gasteiger partial charge on any atom is -0.448 e. The van der Waals surface area contributed by atoms with Crippen LogP contribution in [0.5, 0.6) is 0 Å². The predicted molar refractivity (Wildman–Crippen MR) is 144 cm³/mol. The van der Waals surface area contributed by atoms with Crippen LogP contribution in [0, 0.1) is 0 Å². The first-order valence-electron chi connectivity index (χ1n) is 12.5. The quantitative estimate of drug-likeness (QED) is 0.424. The topological polar surface area (TPSA) is 111 Å². The van der Waals surface area contributed by atoms with Crippen LogP contribution in [0.4, 0.5) is 10.6 Å². The number of carbonyl (C=O) groups excluding carboxylic acids is 4. The highest BCUT2D eigenvalue weighted by Gasteiger charge is 2.52. The third kappa shape index (κ3) is 4.56. The number of ketones is 1. The van der Waals surface area contributed by atoms with Crippen LogP contribution < -0.4 is 5.32 Å². The molecule has 0 saturated heterocycles. The van der Waals surface area contributed by atoms with Crippen molar-refractivity contribution in [2.45, 2.75) is 63.3 Å². The summed E-state index contributed by atoms with van der Waals surface area (Å²) < 4.78 is 5.84. The zero-order chi connectivity index (χ0) is 27.2. The number of Topliss-reactive ketones (excluding diaryl/α,β-unsaturated/α-hetero) is 1. The van der Waals surface area contributed by atoms with E-state index in [9.17, 15) is 19.2 Å². The van der Waals surface area contributed by atoms with E-state index in [-0.39, 0.29) is 43.0 Å². The van der Waals surface area contributed by atoms with Crippen molar-refractivity contribution in [3.05, 3.63) is 47.2 Å². The first kappa shape index (κ1) is 26.9. The smallest absolute Gasteiger partial charge is 0.436 e. The number of carbonyl (C=O) groups is 4. The van der Waals surface area contributed by atoms with Gasteiger partial charge < -0.3 is 15.0 Å². The Kier molecular flexibility index (Phi) is 7.00. The molecule has 4 rings (SSSR count). The zero-order valence-corrected chi connectivity index (χ0v) is 23.2. The Morgan fingerprint density at radius 1 is 1.08 bits per heavy atom. The summed E-state index contributed by atoms with van der Waals surface area (Å²) in [6.07, 6.45) is 8.00. The number of hydrogen-bond acceptors (Lipinski definition) is 6. The van der Waals surface area contributed by atoms with Gasteiger partial charge in [-0.25, -0.2) is 14.8 Å². The van der Waals surface area contributed by atoms with Crippen molar-refractivity contribution in [1.29, 1.82) is 0 Å². The number of rotatable bonds is 7. The number of fused-ring (bicyclic) bond motifs is 1. The van der Waals surface area contributed by atoms with Gasteiger partial charge in [-0.2, -0.15) is 5.10 Å². The lowest BCUT2D eigenvalue weighted by Gasteiger charge is -2.53. The molecule has 200 valence electrons. The molecule has 37 heavy (non-hydrogen) atoms. The zero-order valence-electron chi connectivity index (χ0n) is 22.4. The van der Waals surface area contributed by atoms with E-state index < -0.39 is 26.4 Å². The molecule has 2 aliphatic rings. The molecular formula is C27H36N4O5S. The molecule has 10 heteroatoms. The molecule has 9 nitrogen and oxygen atoms in total. The Labute approximate surface area is 219 Å². The summed E-state index contributed by atoms with van der Waals surface area (Å²) in [6, 6.07) is 8.70. The molecule has 0 unspecified atom stereocenters. The van der Waals surface area contributed by atoms with Gasteiger partial charge in [-0.3, -0.25) is 14.4 Å². The molecule has 2 amide bonds. The molecule has 0 spiro atoms. The van der Waals surface area contributed by atoms with Crippen molar-refractivity contribution in [3.63, 3.8) is 0 Å². The second-order valence-corrected chi connectivity index (χ2v) is 15.4. The Balaban J connectivity index is 1.66. The van der Waals surface area contributed by atoms with Crippen LogP contribution in [0.15, 0.2) is 30.3 Å². The highest BCUT2D eigenvalue weighted by molar-refractivity contribution is 8.33.